The fourth-order valence-corrected chi connectivity index (χ4v) is 1.23. The lowest BCUT2D eigenvalue weighted by Gasteiger charge is -2.21. The second kappa shape index (κ2) is 3.77. The van der Waals surface area contributed by atoms with Crippen molar-refractivity contribution >= 4 is 6.29 Å². The third-order valence-electron chi connectivity index (χ3n) is 1.63. The molecule has 0 aromatic rings. The molecular formula is C10H11NO. The van der Waals surface area contributed by atoms with Crippen LogP contribution < -0.4 is 0 Å². The van der Waals surface area contributed by atoms with E-state index >= 15 is 0 Å². The number of carbonyl (C=O) groups is 1. The topological polar surface area (TPSA) is 20.3 Å². The number of hydrogen-bond acceptors (Lipinski definition) is 2. The molecule has 1 rings (SSSR count). The molecule has 0 unspecified atom stereocenters. The maximum Gasteiger partial charge on any atom is 0.147 e. The first kappa shape index (κ1) is 8.61. The highest BCUT2D eigenvalue weighted by atomic mass is 16.1. The van der Waals surface area contributed by atoms with Crippen LogP contribution in [-0.2, 0) is 4.79 Å². The molecule has 0 aromatic carbocycles. The van der Waals surface area contributed by atoms with Gasteiger partial charge in [0.25, 0.3) is 0 Å². The third-order valence-corrected chi connectivity index (χ3v) is 1.63. The van der Waals surface area contributed by atoms with Gasteiger partial charge in [-0.15, -0.1) is 6.42 Å². The summed E-state index contributed by atoms with van der Waals surface area (Å²) in [5.74, 6) is 2.54. The van der Waals surface area contributed by atoms with Crippen molar-refractivity contribution in [3.8, 4) is 12.3 Å². The third kappa shape index (κ3) is 2.00. The van der Waals surface area contributed by atoms with E-state index in [-0.39, 0.29) is 0 Å². The summed E-state index contributed by atoms with van der Waals surface area (Å²) in [6, 6.07) is 0. The number of terminal acetylenes is 1. The van der Waals surface area contributed by atoms with E-state index in [1.54, 1.807) is 0 Å². The van der Waals surface area contributed by atoms with Gasteiger partial charge in [0.2, 0.25) is 0 Å². The summed E-state index contributed by atoms with van der Waals surface area (Å²) in [5.41, 5.74) is 1.85. The SMILES string of the molecule is C#CCN1C=C(C)C=C(C=O)C1. The predicted molar refractivity (Wildman–Crippen MR) is 48.3 cm³/mol. The van der Waals surface area contributed by atoms with Crippen molar-refractivity contribution in [1.82, 2.24) is 4.90 Å². The van der Waals surface area contributed by atoms with Crippen LogP contribution in [0.2, 0.25) is 0 Å². The Hall–Kier alpha value is -1.49. The van der Waals surface area contributed by atoms with Crippen LogP contribution in [0.1, 0.15) is 6.92 Å². The minimum atomic E-state index is 0.558. The highest BCUT2D eigenvalue weighted by Gasteiger charge is 2.07. The van der Waals surface area contributed by atoms with Crippen LogP contribution in [0.15, 0.2) is 23.4 Å². The van der Waals surface area contributed by atoms with Crippen molar-refractivity contribution in [2.75, 3.05) is 13.1 Å². The van der Waals surface area contributed by atoms with Gasteiger partial charge < -0.3 is 4.90 Å². The van der Waals surface area contributed by atoms with Crippen molar-refractivity contribution in [2.45, 2.75) is 6.92 Å². The van der Waals surface area contributed by atoms with E-state index in [1.807, 2.05) is 24.1 Å². The summed E-state index contributed by atoms with van der Waals surface area (Å²) >= 11 is 0. The number of nitrogens with zero attached hydrogens (tertiary/aromatic N) is 1. The average molecular weight is 161 g/mol. The predicted octanol–water partition coefficient (Wildman–Crippen LogP) is 0.964. The van der Waals surface area contributed by atoms with E-state index in [4.69, 9.17) is 6.42 Å². The second-order valence-electron chi connectivity index (χ2n) is 2.82. The van der Waals surface area contributed by atoms with Gasteiger partial charge in [-0.1, -0.05) is 5.92 Å². The number of allylic oxidation sites excluding steroid dienone is 2. The van der Waals surface area contributed by atoms with Gasteiger partial charge in [0.15, 0.2) is 0 Å². The molecule has 2 nitrogen and oxygen atoms in total. The molecule has 0 radical (unpaired) electrons. The van der Waals surface area contributed by atoms with Crippen molar-refractivity contribution in [3.63, 3.8) is 0 Å². The first-order valence-corrected chi connectivity index (χ1v) is 3.78. The molecule has 0 aromatic heterocycles. The Morgan fingerprint density at radius 1 is 1.83 bits per heavy atom. The molecule has 0 bridgehead atoms. The Morgan fingerprint density at radius 3 is 3.17 bits per heavy atom. The maximum absolute atomic E-state index is 10.5. The van der Waals surface area contributed by atoms with Gasteiger partial charge in [-0.25, -0.2) is 0 Å². The molecule has 0 saturated carbocycles. The summed E-state index contributed by atoms with van der Waals surface area (Å²) in [4.78, 5) is 12.4. The summed E-state index contributed by atoms with van der Waals surface area (Å²) in [6.45, 7) is 3.14. The molecule has 1 aliphatic rings. The van der Waals surface area contributed by atoms with E-state index < -0.39 is 0 Å². The molecule has 0 spiro atoms. The average Bonchev–Trinajstić information content (AvgIpc) is 2.04. The molecule has 0 fully saturated rings. The molecule has 1 aliphatic heterocycles. The quantitative estimate of drug-likeness (QED) is 0.444. The molecule has 0 N–H and O–H groups in total. The van der Waals surface area contributed by atoms with Crippen molar-refractivity contribution in [3.05, 3.63) is 23.4 Å². The van der Waals surface area contributed by atoms with Crippen LogP contribution >= 0.6 is 0 Å². The fourth-order valence-electron chi connectivity index (χ4n) is 1.23. The number of carbonyl (C=O) groups excluding carboxylic acids is 1. The first-order valence-electron chi connectivity index (χ1n) is 3.78. The molecule has 1 heterocycles. The zero-order chi connectivity index (χ0) is 8.97. The number of rotatable bonds is 2. The summed E-state index contributed by atoms with van der Waals surface area (Å²) in [5, 5.41) is 0. The second-order valence-corrected chi connectivity index (χ2v) is 2.82. The number of aldehydes is 1. The summed E-state index contributed by atoms with van der Waals surface area (Å²) in [6.07, 6.45) is 9.88. The zero-order valence-electron chi connectivity index (χ0n) is 7.08. The van der Waals surface area contributed by atoms with Crippen LogP contribution in [0.3, 0.4) is 0 Å². The van der Waals surface area contributed by atoms with E-state index in [2.05, 4.69) is 5.92 Å². The monoisotopic (exact) mass is 161 g/mol. The molecule has 12 heavy (non-hydrogen) atoms. The largest absolute Gasteiger partial charge is 0.362 e. The Kier molecular flexibility index (Phi) is 2.71. The Labute approximate surface area is 72.6 Å². The van der Waals surface area contributed by atoms with Crippen LogP contribution in [0.5, 0.6) is 0 Å². The Morgan fingerprint density at radius 2 is 2.58 bits per heavy atom. The Bertz CT molecular complexity index is 281. The maximum atomic E-state index is 10.5. The van der Waals surface area contributed by atoms with E-state index in [0.717, 1.165) is 17.4 Å². The summed E-state index contributed by atoms with van der Waals surface area (Å²) in [7, 11) is 0. The first-order chi connectivity index (χ1) is 5.76. The zero-order valence-corrected chi connectivity index (χ0v) is 7.08. The minimum Gasteiger partial charge on any atom is -0.362 e. The minimum absolute atomic E-state index is 0.558. The number of hydrogen-bond donors (Lipinski definition) is 0. The molecule has 0 atom stereocenters. The standard InChI is InChI=1S/C10H11NO/c1-3-4-11-6-9(2)5-10(7-11)8-12/h1,5-6,8H,4,7H2,2H3. The van der Waals surface area contributed by atoms with Gasteiger partial charge in [0.05, 0.1) is 6.54 Å². The van der Waals surface area contributed by atoms with Crippen LogP contribution in [-0.4, -0.2) is 24.3 Å². The normalized spacial score (nSPS) is 16.2. The van der Waals surface area contributed by atoms with Crippen LogP contribution in [0.4, 0.5) is 0 Å². The van der Waals surface area contributed by atoms with E-state index in [9.17, 15) is 4.79 Å². The molecule has 2 heteroatoms. The molecule has 0 saturated heterocycles. The smallest absolute Gasteiger partial charge is 0.147 e. The molecule has 0 aliphatic carbocycles. The van der Waals surface area contributed by atoms with Crippen molar-refractivity contribution < 1.29 is 4.79 Å². The van der Waals surface area contributed by atoms with Gasteiger partial charge in [-0.3, -0.25) is 4.79 Å². The molecular weight excluding hydrogens is 150 g/mol. The van der Waals surface area contributed by atoms with Crippen LogP contribution in [0, 0.1) is 12.3 Å². The van der Waals surface area contributed by atoms with Crippen molar-refractivity contribution in [1.29, 1.82) is 0 Å². The van der Waals surface area contributed by atoms with Gasteiger partial charge in [-0.05, 0) is 18.6 Å². The molecule has 62 valence electrons. The van der Waals surface area contributed by atoms with Gasteiger partial charge in [-0.2, -0.15) is 0 Å². The Balaban J connectivity index is 2.72. The van der Waals surface area contributed by atoms with E-state index in [0.29, 0.717) is 13.1 Å². The van der Waals surface area contributed by atoms with Crippen molar-refractivity contribution in [2.24, 2.45) is 0 Å². The fraction of sp³-hybridized carbons (Fsp3) is 0.300. The lowest BCUT2D eigenvalue weighted by Crippen LogP contribution is -2.23. The van der Waals surface area contributed by atoms with E-state index in [1.165, 1.54) is 0 Å². The lowest BCUT2D eigenvalue weighted by molar-refractivity contribution is -0.105. The van der Waals surface area contributed by atoms with Gasteiger partial charge in [0.1, 0.15) is 6.29 Å². The molecule has 0 amide bonds. The summed E-state index contributed by atoms with van der Waals surface area (Å²) < 4.78 is 0. The highest BCUT2D eigenvalue weighted by Crippen LogP contribution is 2.10. The lowest BCUT2D eigenvalue weighted by atomic mass is 10.1. The van der Waals surface area contributed by atoms with Gasteiger partial charge in [0, 0.05) is 18.3 Å². The van der Waals surface area contributed by atoms with Crippen LogP contribution in [0.25, 0.3) is 0 Å². The van der Waals surface area contributed by atoms with Gasteiger partial charge >= 0.3 is 0 Å². The highest BCUT2D eigenvalue weighted by molar-refractivity contribution is 5.75.